The van der Waals surface area contributed by atoms with Gasteiger partial charge in [-0.05, 0) is 18.7 Å². The SMILES string of the molecule is CCN(CC(=O)c1ccccc1F)CC(F)(F)F. The van der Waals surface area contributed by atoms with Gasteiger partial charge in [-0.25, -0.2) is 4.39 Å². The molecule has 0 heterocycles. The molecule has 2 nitrogen and oxygen atoms in total. The molecule has 0 N–H and O–H groups in total. The van der Waals surface area contributed by atoms with Gasteiger partial charge in [0.15, 0.2) is 5.78 Å². The highest BCUT2D eigenvalue weighted by Crippen LogP contribution is 2.17. The molecule has 0 saturated heterocycles. The zero-order valence-corrected chi connectivity index (χ0v) is 9.80. The number of halogens is 4. The first-order valence-electron chi connectivity index (χ1n) is 5.40. The summed E-state index contributed by atoms with van der Waals surface area (Å²) in [6, 6.07) is 5.25. The van der Waals surface area contributed by atoms with Crippen molar-refractivity contribution in [3.63, 3.8) is 0 Å². The topological polar surface area (TPSA) is 20.3 Å². The monoisotopic (exact) mass is 263 g/mol. The second kappa shape index (κ2) is 5.95. The summed E-state index contributed by atoms with van der Waals surface area (Å²) in [5.41, 5.74) is -0.182. The molecule has 0 aromatic heterocycles. The fourth-order valence-corrected chi connectivity index (χ4v) is 1.51. The van der Waals surface area contributed by atoms with Gasteiger partial charge >= 0.3 is 6.18 Å². The standard InChI is InChI=1S/C12H13F4NO/c1-2-17(8-12(14,15)16)7-11(18)9-5-3-4-6-10(9)13/h3-6H,2,7-8H2,1H3. The van der Waals surface area contributed by atoms with Crippen molar-refractivity contribution in [2.24, 2.45) is 0 Å². The van der Waals surface area contributed by atoms with Crippen LogP contribution in [0.25, 0.3) is 0 Å². The number of likely N-dealkylation sites (N-methyl/N-ethyl adjacent to an activating group) is 1. The summed E-state index contributed by atoms with van der Waals surface area (Å²) in [6.07, 6.45) is -4.37. The Hall–Kier alpha value is -1.43. The van der Waals surface area contributed by atoms with Crippen LogP contribution < -0.4 is 0 Å². The molecule has 0 unspecified atom stereocenters. The molecule has 0 fully saturated rings. The molecular weight excluding hydrogens is 250 g/mol. The number of Topliss-reactive ketones (excluding diaryl/α,β-unsaturated/α-hetero) is 1. The Kier molecular flexibility index (Phi) is 4.84. The number of nitrogens with zero attached hydrogens (tertiary/aromatic N) is 1. The van der Waals surface area contributed by atoms with Gasteiger partial charge in [-0.15, -0.1) is 0 Å². The van der Waals surface area contributed by atoms with Crippen LogP contribution in [0.1, 0.15) is 17.3 Å². The Morgan fingerprint density at radius 2 is 1.89 bits per heavy atom. The molecule has 0 bridgehead atoms. The molecule has 0 amide bonds. The van der Waals surface area contributed by atoms with Crippen LogP contribution in [0.4, 0.5) is 17.6 Å². The summed E-state index contributed by atoms with van der Waals surface area (Å²) in [7, 11) is 0. The fourth-order valence-electron chi connectivity index (χ4n) is 1.51. The van der Waals surface area contributed by atoms with Crippen molar-refractivity contribution < 1.29 is 22.4 Å². The number of hydrogen-bond donors (Lipinski definition) is 0. The van der Waals surface area contributed by atoms with Gasteiger partial charge in [0, 0.05) is 0 Å². The summed E-state index contributed by atoms with van der Waals surface area (Å²) >= 11 is 0. The lowest BCUT2D eigenvalue weighted by Crippen LogP contribution is -2.37. The van der Waals surface area contributed by atoms with Gasteiger partial charge in [0.05, 0.1) is 18.7 Å². The maximum atomic E-state index is 13.3. The lowest BCUT2D eigenvalue weighted by Gasteiger charge is -2.21. The van der Waals surface area contributed by atoms with Crippen LogP contribution >= 0.6 is 0 Å². The van der Waals surface area contributed by atoms with E-state index in [9.17, 15) is 22.4 Å². The van der Waals surface area contributed by atoms with E-state index in [1.165, 1.54) is 25.1 Å². The highest BCUT2D eigenvalue weighted by Gasteiger charge is 2.31. The largest absolute Gasteiger partial charge is 0.401 e. The van der Waals surface area contributed by atoms with Crippen LogP contribution in [0.2, 0.25) is 0 Å². The molecule has 0 aliphatic carbocycles. The number of rotatable bonds is 5. The molecule has 0 atom stereocenters. The second-order valence-electron chi connectivity index (χ2n) is 3.82. The normalized spacial score (nSPS) is 11.9. The van der Waals surface area contributed by atoms with Crippen molar-refractivity contribution in [1.29, 1.82) is 0 Å². The third kappa shape index (κ3) is 4.44. The van der Waals surface area contributed by atoms with Crippen LogP contribution in [-0.4, -0.2) is 36.5 Å². The Morgan fingerprint density at radius 3 is 2.39 bits per heavy atom. The first kappa shape index (κ1) is 14.6. The van der Waals surface area contributed by atoms with E-state index in [4.69, 9.17) is 0 Å². The number of carbonyl (C=O) groups excluding carboxylic acids is 1. The number of hydrogen-bond acceptors (Lipinski definition) is 2. The lowest BCUT2D eigenvalue weighted by molar-refractivity contribution is -0.144. The first-order valence-corrected chi connectivity index (χ1v) is 5.40. The average molecular weight is 263 g/mol. The fraction of sp³-hybridized carbons (Fsp3) is 0.417. The van der Waals surface area contributed by atoms with Crippen molar-refractivity contribution in [3.8, 4) is 0 Å². The Labute approximate surface area is 102 Å². The van der Waals surface area contributed by atoms with Gasteiger partial charge in [0.2, 0.25) is 0 Å². The van der Waals surface area contributed by atoms with Crippen LogP contribution in [0.5, 0.6) is 0 Å². The molecule has 0 spiro atoms. The maximum absolute atomic E-state index is 13.3. The number of benzene rings is 1. The predicted octanol–water partition coefficient (Wildman–Crippen LogP) is 2.89. The van der Waals surface area contributed by atoms with Gasteiger partial charge in [0.25, 0.3) is 0 Å². The van der Waals surface area contributed by atoms with Crippen LogP contribution in [0.3, 0.4) is 0 Å². The maximum Gasteiger partial charge on any atom is 0.401 e. The van der Waals surface area contributed by atoms with Gasteiger partial charge in [-0.3, -0.25) is 9.69 Å². The Morgan fingerprint density at radius 1 is 1.28 bits per heavy atom. The van der Waals surface area contributed by atoms with Crippen molar-refractivity contribution >= 4 is 5.78 Å². The molecule has 1 rings (SSSR count). The molecule has 0 aliphatic heterocycles. The zero-order valence-electron chi connectivity index (χ0n) is 9.80. The highest BCUT2D eigenvalue weighted by atomic mass is 19.4. The summed E-state index contributed by atoms with van der Waals surface area (Å²) in [5, 5.41) is 0. The van der Waals surface area contributed by atoms with Crippen LogP contribution in [-0.2, 0) is 0 Å². The minimum Gasteiger partial charge on any atom is -0.293 e. The minimum atomic E-state index is -4.37. The van der Waals surface area contributed by atoms with E-state index in [2.05, 4.69) is 0 Å². The quantitative estimate of drug-likeness (QED) is 0.601. The smallest absolute Gasteiger partial charge is 0.293 e. The second-order valence-corrected chi connectivity index (χ2v) is 3.82. The van der Waals surface area contributed by atoms with Crippen molar-refractivity contribution in [2.75, 3.05) is 19.6 Å². The van der Waals surface area contributed by atoms with Crippen molar-refractivity contribution in [1.82, 2.24) is 4.90 Å². The molecule has 0 radical (unpaired) electrons. The predicted molar refractivity (Wildman–Crippen MR) is 58.9 cm³/mol. The lowest BCUT2D eigenvalue weighted by atomic mass is 10.1. The van der Waals surface area contributed by atoms with Gasteiger partial charge < -0.3 is 0 Å². The van der Waals surface area contributed by atoms with E-state index in [1.54, 1.807) is 0 Å². The summed E-state index contributed by atoms with van der Waals surface area (Å²) in [4.78, 5) is 12.6. The average Bonchev–Trinajstić information content (AvgIpc) is 2.26. The zero-order chi connectivity index (χ0) is 13.8. The van der Waals surface area contributed by atoms with Gasteiger partial charge in [-0.1, -0.05) is 19.1 Å². The number of carbonyl (C=O) groups is 1. The third-order valence-electron chi connectivity index (χ3n) is 2.39. The van der Waals surface area contributed by atoms with E-state index in [0.717, 1.165) is 11.0 Å². The minimum absolute atomic E-state index is 0.0691. The molecule has 100 valence electrons. The summed E-state index contributed by atoms with van der Waals surface area (Å²) in [6.45, 7) is -0.0410. The molecule has 0 aliphatic rings. The number of ketones is 1. The first-order chi connectivity index (χ1) is 8.33. The molecule has 0 saturated carbocycles. The van der Waals surface area contributed by atoms with Gasteiger partial charge in [0.1, 0.15) is 5.82 Å². The van der Waals surface area contributed by atoms with E-state index in [1.807, 2.05) is 0 Å². The molecule has 1 aromatic rings. The molecular formula is C12H13F4NO. The summed E-state index contributed by atoms with van der Waals surface area (Å²) in [5.74, 6) is -1.37. The van der Waals surface area contributed by atoms with E-state index in [-0.39, 0.29) is 12.1 Å². The van der Waals surface area contributed by atoms with E-state index < -0.39 is 30.9 Å². The Balaban J connectivity index is 2.71. The van der Waals surface area contributed by atoms with Crippen LogP contribution in [0.15, 0.2) is 24.3 Å². The van der Waals surface area contributed by atoms with Crippen molar-refractivity contribution in [2.45, 2.75) is 13.1 Å². The number of alkyl halides is 3. The summed E-state index contributed by atoms with van der Waals surface area (Å²) < 4.78 is 49.9. The molecule has 18 heavy (non-hydrogen) atoms. The highest BCUT2D eigenvalue weighted by molar-refractivity contribution is 5.97. The Bertz CT molecular complexity index is 417. The van der Waals surface area contributed by atoms with Crippen molar-refractivity contribution in [3.05, 3.63) is 35.6 Å². The molecule has 6 heteroatoms. The molecule has 1 aromatic carbocycles. The third-order valence-corrected chi connectivity index (χ3v) is 2.39. The van der Waals surface area contributed by atoms with E-state index >= 15 is 0 Å². The van der Waals surface area contributed by atoms with Crippen LogP contribution in [0, 0.1) is 5.82 Å². The van der Waals surface area contributed by atoms with Gasteiger partial charge in [-0.2, -0.15) is 13.2 Å². The van der Waals surface area contributed by atoms with E-state index in [0.29, 0.717) is 0 Å².